The Balaban J connectivity index is 2.31. The van der Waals surface area contributed by atoms with Crippen molar-refractivity contribution in [3.63, 3.8) is 0 Å². The summed E-state index contributed by atoms with van der Waals surface area (Å²) >= 11 is 0. The summed E-state index contributed by atoms with van der Waals surface area (Å²) in [6.07, 6.45) is -0.404. The van der Waals surface area contributed by atoms with Crippen molar-refractivity contribution in [3.8, 4) is 0 Å². The van der Waals surface area contributed by atoms with Gasteiger partial charge in [-0.1, -0.05) is 0 Å². The first kappa shape index (κ1) is 7.50. The molecule has 0 saturated carbocycles. The molecule has 0 radical (unpaired) electrons. The molecule has 0 aromatic heterocycles. The van der Waals surface area contributed by atoms with Crippen LogP contribution >= 0.6 is 0 Å². The van der Waals surface area contributed by atoms with Crippen molar-refractivity contribution in [1.29, 1.82) is 0 Å². The van der Waals surface area contributed by atoms with Gasteiger partial charge >= 0.3 is 0 Å². The fourth-order valence-corrected chi connectivity index (χ4v) is 0.800. The molecule has 1 atom stereocenters. The van der Waals surface area contributed by atoms with Gasteiger partial charge < -0.3 is 14.8 Å². The second kappa shape index (κ2) is 3.53. The lowest BCUT2D eigenvalue weighted by atomic mass is 10.3. The molecule has 0 spiro atoms. The Bertz CT molecular complexity index is 120. The van der Waals surface area contributed by atoms with E-state index in [-0.39, 0.29) is 5.91 Å². The lowest BCUT2D eigenvalue weighted by Crippen LogP contribution is -2.41. The maximum atomic E-state index is 10.9. The maximum absolute atomic E-state index is 10.9. The maximum Gasteiger partial charge on any atom is 0.251 e. The molecule has 1 heterocycles. The largest absolute Gasteiger partial charge is 0.376 e. The van der Waals surface area contributed by atoms with Crippen LogP contribution in [0, 0.1) is 0 Å². The zero-order valence-corrected chi connectivity index (χ0v) is 5.92. The first-order valence-electron chi connectivity index (χ1n) is 3.25. The molecule has 4 nitrogen and oxygen atoms in total. The monoisotopic (exact) mass is 145 g/mol. The Hall–Kier alpha value is -0.610. The van der Waals surface area contributed by atoms with Crippen molar-refractivity contribution in [2.24, 2.45) is 0 Å². The highest BCUT2D eigenvalue weighted by Crippen LogP contribution is 1.99. The van der Waals surface area contributed by atoms with Gasteiger partial charge in [0.25, 0.3) is 5.91 Å². The summed E-state index contributed by atoms with van der Waals surface area (Å²) in [5.74, 6) is -0.111. The summed E-state index contributed by atoms with van der Waals surface area (Å²) in [6.45, 7) is 1.48. The van der Waals surface area contributed by atoms with Crippen molar-refractivity contribution in [1.82, 2.24) is 5.32 Å². The molecular weight excluding hydrogens is 134 g/mol. The van der Waals surface area contributed by atoms with E-state index in [0.29, 0.717) is 19.8 Å². The summed E-state index contributed by atoms with van der Waals surface area (Å²) in [5.41, 5.74) is 0. The molecule has 4 heteroatoms. The Labute approximate surface area is 59.5 Å². The third-order valence-corrected chi connectivity index (χ3v) is 1.35. The van der Waals surface area contributed by atoms with Crippen LogP contribution in [-0.4, -0.2) is 38.9 Å². The second-order valence-electron chi connectivity index (χ2n) is 2.05. The number of ether oxygens (including phenoxy) is 2. The Kier molecular flexibility index (Phi) is 2.65. The van der Waals surface area contributed by atoms with Crippen LogP contribution in [0.5, 0.6) is 0 Å². The molecule has 1 aliphatic rings. The summed E-state index contributed by atoms with van der Waals surface area (Å²) in [4.78, 5) is 10.9. The van der Waals surface area contributed by atoms with Crippen LogP contribution < -0.4 is 5.32 Å². The topological polar surface area (TPSA) is 47.6 Å². The molecule has 0 aliphatic carbocycles. The summed E-state index contributed by atoms with van der Waals surface area (Å²) in [6, 6.07) is 0. The minimum Gasteiger partial charge on any atom is -0.376 e. The third kappa shape index (κ3) is 1.68. The fraction of sp³-hybridized carbons (Fsp3) is 0.833. The lowest BCUT2D eigenvalue weighted by Gasteiger charge is -2.20. The van der Waals surface area contributed by atoms with Crippen LogP contribution in [0.25, 0.3) is 0 Å². The molecular formula is C6H11NO3. The van der Waals surface area contributed by atoms with E-state index in [2.05, 4.69) is 5.32 Å². The molecule has 10 heavy (non-hydrogen) atoms. The number of carbonyl (C=O) groups is 1. The number of carbonyl (C=O) groups excluding carboxylic acids is 1. The van der Waals surface area contributed by atoms with Gasteiger partial charge in [-0.05, 0) is 0 Å². The molecule has 1 saturated heterocycles. The van der Waals surface area contributed by atoms with Gasteiger partial charge in [-0.25, -0.2) is 0 Å². The number of hydrogen-bond acceptors (Lipinski definition) is 3. The van der Waals surface area contributed by atoms with Crippen molar-refractivity contribution in [2.75, 3.05) is 26.9 Å². The molecule has 0 aromatic carbocycles. The Morgan fingerprint density at radius 3 is 2.90 bits per heavy atom. The van der Waals surface area contributed by atoms with Gasteiger partial charge in [0.05, 0.1) is 19.8 Å². The number of nitrogens with one attached hydrogen (secondary N) is 1. The van der Waals surface area contributed by atoms with Crippen LogP contribution in [0.4, 0.5) is 0 Å². The zero-order chi connectivity index (χ0) is 7.40. The van der Waals surface area contributed by atoms with Gasteiger partial charge in [-0.15, -0.1) is 0 Å². The van der Waals surface area contributed by atoms with Crippen molar-refractivity contribution < 1.29 is 14.3 Å². The number of hydrogen-bond donors (Lipinski definition) is 1. The molecule has 0 bridgehead atoms. The number of likely N-dealkylation sites (N-methyl/N-ethyl adjacent to an activating group) is 1. The van der Waals surface area contributed by atoms with Crippen LogP contribution in [0.15, 0.2) is 0 Å². The average molecular weight is 145 g/mol. The number of rotatable bonds is 1. The second-order valence-corrected chi connectivity index (χ2v) is 2.05. The molecule has 1 aliphatic heterocycles. The summed E-state index contributed by atoms with van der Waals surface area (Å²) in [5, 5.41) is 2.49. The van der Waals surface area contributed by atoms with Gasteiger partial charge in [-0.2, -0.15) is 0 Å². The Morgan fingerprint density at radius 1 is 1.60 bits per heavy atom. The highest BCUT2D eigenvalue weighted by atomic mass is 16.6. The van der Waals surface area contributed by atoms with Gasteiger partial charge in [0, 0.05) is 7.05 Å². The summed E-state index contributed by atoms with van der Waals surface area (Å²) in [7, 11) is 1.58. The zero-order valence-electron chi connectivity index (χ0n) is 5.92. The van der Waals surface area contributed by atoms with Crippen molar-refractivity contribution in [2.45, 2.75) is 6.10 Å². The van der Waals surface area contributed by atoms with Gasteiger partial charge in [0.1, 0.15) is 0 Å². The van der Waals surface area contributed by atoms with E-state index >= 15 is 0 Å². The predicted octanol–water partition coefficient (Wildman–Crippen LogP) is -0.852. The fourth-order valence-electron chi connectivity index (χ4n) is 0.800. The number of amides is 1. The normalized spacial score (nSPS) is 25.9. The molecule has 1 amide bonds. The van der Waals surface area contributed by atoms with E-state index in [4.69, 9.17) is 9.47 Å². The minimum atomic E-state index is -0.404. The quantitative estimate of drug-likeness (QED) is 0.522. The lowest BCUT2D eigenvalue weighted by molar-refractivity contribution is -0.146. The first-order chi connectivity index (χ1) is 4.84. The first-order valence-corrected chi connectivity index (χ1v) is 3.25. The standard InChI is InChI=1S/C6H11NO3/c1-7-6(8)5-4-9-2-3-10-5/h5H,2-4H2,1H3,(H,7,8). The molecule has 58 valence electrons. The van der Waals surface area contributed by atoms with E-state index in [0.717, 1.165) is 0 Å². The van der Waals surface area contributed by atoms with E-state index < -0.39 is 6.10 Å². The van der Waals surface area contributed by atoms with E-state index in [1.807, 2.05) is 0 Å². The SMILES string of the molecule is CNC(=O)C1COCCO1. The van der Waals surface area contributed by atoms with Crippen LogP contribution in [0.1, 0.15) is 0 Å². The van der Waals surface area contributed by atoms with Crippen LogP contribution in [0.2, 0.25) is 0 Å². The minimum absolute atomic E-state index is 0.111. The molecule has 0 aromatic rings. The molecule has 1 fully saturated rings. The van der Waals surface area contributed by atoms with Crippen LogP contribution in [-0.2, 0) is 14.3 Å². The molecule has 1 rings (SSSR count). The third-order valence-electron chi connectivity index (χ3n) is 1.35. The highest BCUT2D eigenvalue weighted by molar-refractivity contribution is 5.80. The average Bonchev–Trinajstić information content (AvgIpc) is 2.05. The highest BCUT2D eigenvalue weighted by Gasteiger charge is 2.20. The van der Waals surface area contributed by atoms with Gasteiger partial charge in [-0.3, -0.25) is 4.79 Å². The molecule has 1 unspecified atom stereocenters. The predicted molar refractivity (Wildman–Crippen MR) is 34.6 cm³/mol. The van der Waals surface area contributed by atoms with Crippen molar-refractivity contribution in [3.05, 3.63) is 0 Å². The molecule has 1 N–H and O–H groups in total. The summed E-state index contributed by atoms with van der Waals surface area (Å²) < 4.78 is 10.1. The van der Waals surface area contributed by atoms with Gasteiger partial charge in [0.2, 0.25) is 0 Å². The smallest absolute Gasteiger partial charge is 0.251 e. The van der Waals surface area contributed by atoms with E-state index in [9.17, 15) is 4.79 Å². The van der Waals surface area contributed by atoms with Crippen molar-refractivity contribution >= 4 is 5.91 Å². The van der Waals surface area contributed by atoms with E-state index in [1.54, 1.807) is 7.05 Å². The van der Waals surface area contributed by atoms with E-state index in [1.165, 1.54) is 0 Å². The van der Waals surface area contributed by atoms with Crippen LogP contribution in [0.3, 0.4) is 0 Å². The Morgan fingerprint density at radius 2 is 2.40 bits per heavy atom. The van der Waals surface area contributed by atoms with Gasteiger partial charge in [0.15, 0.2) is 6.10 Å².